The van der Waals surface area contributed by atoms with Crippen molar-refractivity contribution in [2.24, 2.45) is 0 Å². The fourth-order valence-electron chi connectivity index (χ4n) is 2.56. The number of hydrogen-bond donors (Lipinski definition) is 1. The van der Waals surface area contributed by atoms with Crippen LogP contribution in [0.5, 0.6) is 0 Å². The Morgan fingerprint density at radius 3 is 2.94 bits per heavy atom. The summed E-state index contributed by atoms with van der Waals surface area (Å²) in [7, 11) is 4.07. The topological polar surface area (TPSA) is 50.5 Å². The van der Waals surface area contributed by atoms with Gasteiger partial charge in [0.2, 0.25) is 0 Å². The molecular weight excluding hydrogens is 226 g/mol. The molecule has 0 aliphatic carbocycles. The van der Waals surface area contributed by atoms with Crippen LogP contribution in [0.15, 0.2) is 24.3 Å². The number of nitrogens with zero attached hydrogens (tertiary/aromatic N) is 3. The summed E-state index contributed by atoms with van der Waals surface area (Å²) >= 11 is 0. The van der Waals surface area contributed by atoms with Gasteiger partial charge in [0.25, 0.3) is 0 Å². The molecule has 1 fully saturated rings. The number of likely N-dealkylation sites (N-methyl/N-ethyl adjacent to an activating group) is 1. The third-order valence-corrected chi connectivity index (χ3v) is 3.28. The molecule has 2 unspecified atom stereocenters. The van der Waals surface area contributed by atoms with Gasteiger partial charge in [0, 0.05) is 24.8 Å². The lowest BCUT2D eigenvalue weighted by Gasteiger charge is -2.28. The number of aliphatic hydroxyl groups is 1. The second-order valence-corrected chi connectivity index (χ2v) is 5.12. The summed E-state index contributed by atoms with van der Waals surface area (Å²) < 4.78 is 0. The van der Waals surface area contributed by atoms with Crippen LogP contribution in [0, 0.1) is 11.3 Å². The number of anilines is 1. The van der Waals surface area contributed by atoms with E-state index in [1.807, 2.05) is 32.3 Å². The van der Waals surface area contributed by atoms with Gasteiger partial charge in [-0.2, -0.15) is 5.26 Å². The monoisotopic (exact) mass is 245 g/mol. The molecular formula is C14H19N3O. The Kier molecular flexibility index (Phi) is 3.85. The Morgan fingerprint density at radius 1 is 1.50 bits per heavy atom. The van der Waals surface area contributed by atoms with Crippen molar-refractivity contribution in [2.45, 2.75) is 18.6 Å². The molecule has 0 spiro atoms. The quantitative estimate of drug-likeness (QED) is 0.865. The first-order chi connectivity index (χ1) is 8.60. The van der Waals surface area contributed by atoms with E-state index in [4.69, 9.17) is 5.26 Å². The van der Waals surface area contributed by atoms with Crippen LogP contribution in [0.25, 0.3) is 0 Å². The molecule has 4 nitrogen and oxygen atoms in total. The van der Waals surface area contributed by atoms with E-state index in [1.54, 1.807) is 6.07 Å². The van der Waals surface area contributed by atoms with E-state index < -0.39 is 0 Å². The highest BCUT2D eigenvalue weighted by atomic mass is 16.3. The molecule has 2 rings (SSSR count). The second kappa shape index (κ2) is 5.38. The van der Waals surface area contributed by atoms with Gasteiger partial charge < -0.3 is 14.9 Å². The molecule has 0 radical (unpaired) electrons. The summed E-state index contributed by atoms with van der Waals surface area (Å²) in [6, 6.07) is 10.1. The maximum Gasteiger partial charge on any atom is 0.0992 e. The Balaban J connectivity index is 2.21. The summed E-state index contributed by atoms with van der Waals surface area (Å²) in [6.07, 6.45) is 0.510. The number of benzene rings is 1. The van der Waals surface area contributed by atoms with Crippen LogP contribution in [0.2, 0.25) is 0 Å². The van der Waals surface area contributed by atoms with Crippen molar-refractivity contribution >= 4 is 5.69 Å². The number of hydrogen-bond acceptors (Lipinski definition) is 4. The van der Waals surface area contributed by atoms with Gasteiger partial charge in [0.15, 0.2) is 0 Å². The molecule has 0 amide bonds. The lowest BCUT2D eigenvalue weighted by Crippen LogP contribution is -2.37. The first-order valence-corrected chi connectivity index (χ1v) is 6.19. The van der Waals surface area contributed by atoms with Gasteiger partial charge in [-0.05, 0) is 38.7 Å². The molecule has 1 N–H and O–H groups in total. The van der Waals surface area contributed by atoms with E-state index in [0.717, 1.165) is 18.7 Å². The summed E-state index contributed by atoms with van der Waals surface area (Å²) in [5, 5.41) is 18.8. The number of aliphatic hydroxyl groups excluding tert-OH is 1. The predicted octanol–water partition coefficient (Wildman–Crippen LogP) is 1.06. The van der Waals surface area contributed by atoms with Gasteiger partial charge in [-0.25, -0.2) is 0 Å². The molecule has 1 heterocycles. The van der Waals surface area contributed by atoms with Gasteiger partial charge in [-0.15, -0.1) is 0 Å². The van der Waals surface area contributed by atoms with Crippen molar-refractivity contribution < 1.29 is 5.11 Å². The Hall–Kier alpha value is -1.57. The minimum absolute atomic E-state index is 0.277. The fraction of sp³-hybridized carbons (Fsp3) is 0.500. The molecule has 1 aliphatic heterocycles. The van der Waals surface area contributed by atoms with Gasteiger partial charge in [-0.1, -0.05) is 6.07 Å². The highest BCUT2D eigenvalue weighted by Gasteiger charge is 2.31. The highest BCUT2D eigenvalue weighted by Crippen LogP contribution is 2.26. The SMILES string of the molecule is CN(C)CC1CC(O)CN1c1cccc(C#N)c1. The van der Waals surface area contributed by atoms with E-state index in [-0.39, 0.29) is 6.10 Å². The maximum atomic E-state index is 9.85. The minimum Gasteiger partial charge on any atom is -0.391 e. The molecule has 4 heteroatoms. The summed E-state index contributed by atoms with van der Waals surface area (Å²) in [5.74, 6) is 0. The van der Waals surface area contributed by atoms with Crippen molar-refractivity contribution in [2.75, 3.05) is 32.1 Å². The number of nitriles is 1. The zero-order chi connectivity index (χ0) is 13.1. The first kappa shape index (κ1) is 12.9. The third-order valence-electron chi connectivity index (χ3n) is 3.28. The third kappa shape index (κ3) is 2.81. The molecule has 0 bridgehead atoms. The van der Waals surface area contributed by atoms with E-state index >= 15 is 0 Å². The smallest absolute Gasteiger partial charge is 0.0992 e. The van der Waals surface area contributed by atoms with Gasteiger partial charge >= 0.3 is 0 Å². The summed E-state index contributed by atoms with van der Waals surface area (Å²) in [4.78, 5) is 4.33. The largest absolute Gasteiger partial charge is 0.391 e. The normalized spacial score (nSPS) is 23.4. The van der Waals surface area contributed by atoms with Crippen molar-refractivity contribution in [1.82, 2.24) is 4.90 Å². The van der Waals surface area contributed by atoms with Gasteiger partial charge in [0.1, 0.15) is 0 Å². The number of rotatable bonds is 3. The van der Waals surface area contributed by atoms with Crippen LogP contribution in [0.1, 0.15) is 12.0 Å². The summed E-state index contributed by atoms with van der Waals surface area (Å²) in [6.45, 7) is 1.56. The van der Waals surface area contributed by atoms with Crippen molar-refractivity contribution in [3.05, 3.63) is 29.8 Å². The Labute approximate surface area is 108 Å². The lowest BCUT2D eigenvalue weighted by molar-refractivity contribution is 0.191. The van der Waals surface area contributed by atoms with Gasteiger partial charge in [-0.3, -0.25) is 0 Å². The van der Waals surface area contributed by atoms with Gasteiger partial charge in [0.05, 0.1) is 17.7 Å². The van der Waals surface area contributed by atoms with E-state index in [1.165, 1.54) is 0 Å². The molecule has 1 aliphatic rings. The maximum absolute atomic E-state index is 9.85. The second-order valence-electron chi connectivity index (χ2n) is 5.12. The van der Waals surface area contributed by atoms with Crippen LogP contribution in [0.3, 0.4) is 0 Å². The molecule has 1 saturated heterocycles. The first-order valence-electron chi connectivity index (χ1n) is 6.19. The van der Waals surface area contributed by atoms with Crippen LogP contribution < -0.4 is 4.90 Å². The standard InChI is InChI=1S/C14H19N3O/c1-16(2)9-13-7-14(18)10-17(13)12-5-3-4-11(6-12)8-15/h3-6,13-14,18H,7,9-10H2,1-2H3. The molecule has 1 aromatic carbocycles. The van der Waals surface area contributed by atoms with E-state index in [9.17, 15) is 5.11 Å². The zero-order valence-corrected chi connectivity index (χ0v) is 10.9. The highest BCUT2D eigenvalue weighted by molar-refractivity contribution is 5.53. The lowest BCUT2D eigenvalue weighted by atomic mass is 10.1. The number of β-amino-alcohol motifs (C(OH)–C–C–N with tert-alkyl or cyclic N) is 1. The van der Waals surface area contributed by atoms with E-state index in [2.05, 4.69) is 15.9 Å². The van der Waals surface area contributed by atoms with Crippen molar-refractivity contribution in [3.63, 3.8) is 0 Å². The molecule has 1 aromatic rings. The Bertz CT molecular complexity index is 453. The zero-order valence-electron chi connectivity index (χ0n) is 10.9. The summed E-state index contributed by atoms with van der Waals surface area (Å²) in [5.41, 5.74) is 1.69. The van der Waals surface area contributed by atoms with Crippen molar-refractivity contribution in [1.29, 1.82) is 5.26 Å². The average Bonchev–Trinajstić information content (AvgIpc) is 2.69. The predicted molar refractivity (Wildman–Crippen MR) is 71.5 cm³/mol. The molecule has 96 valence electrons. The molecule has 0 saturated carbocycles. The van der Waals surface area contributed by atoms with Crippen LogP contribution in [0.4, 0.5) is 5.69 Å². The van der Waals surface area contributed by atoms with Crippen molar-refractivity contribution in [3.8, 4) is 6.07 Å². The van der Waals surface area contributed by atoms with Crippen LogP contribution >= 0.6 is 0 Å². The Morgan fingerprint density at radius 2 is 2.28 bits per heavy atom. The molecule has 18 heavy (non-hydrogen) atoms. The van der Waals surface area contributed by atoms with Crippen LogP contribution in [-0.2, 0) is 0 Å². The fourth-order valence-corrected chi connectivity index (χ4v) is 2.56. The minimum atomic E-state index is -0.277. The molecule has 0 aromatic heterocycles. The van der Waals surface area contributed by atoms with E-state index in [0.29, 0.717) is 18.2 Å². The van der Waals surface area contributed by atoms with Crippen LogP contribution in [-0.4, -0.2) is 49.3 Å². The average molecular weight is 245 g/mol. The molecule has 2 atom stereocenters.